The van der Waals surface area contributed by atoms with Crippen LogP contribution in [0.2, 0.25) is 5.02 Å². The Morgan fingerprint density at radius 1 is 1.39 bits per heavy atom. The van der Waals surface area contributed by atoms with Gasteiger partial charge in [0.2, 0.25) is 0 Å². The van der Waals surface area contributed by atoms with Crippen molar-refractivity contribution in [3.63, 3.8) is 0 Å². The lowest BCUT2D eigenvalue weighted by Crippen LogP contribution is -2.41. The van der Waals surface area contributed by atoms with Crippen molar-refractivity contribution in [3.8, 4) is 0 Å². The molecule has 0 aromatic heterocycles. The van der Waals surface area contributed by atoms with Crippen LogP contribution < -0.4 is 5.32 Å². The lowest BCUT2D eigenvalue weighted by molar-refractivity contribution is 0.0910. The summed E-state index contributed by atoms with van der Waals surface area (Å²) >= 11 is 9.26. The zero-order chi connectivity index (χ0) is 13.1. The third-order valence-corrected chi connectivity index (χ3v) is 4.82. The predicted molar refractivity (Wildman–Crippen MR) is 78.0 cm³/mol. The molecule has 2 unspecified atom stereocenters. The van der Waals surface area contributed by atoms with E-state index in [1.54, 1.807) is 18.2 Å². The van der Waals surface area contributed by atoms with Crippen molar-refractivity contribution in [2.24, 2.45) is 5.92 Å². The molecule has 18 heavy (non-hydrogen) atoms. The molecule has 98 valence electrons. The van der Waals surface area contributed by atoms with Crippen LogP contribution in [-0.4, -0.2) is 11.9 Å². The average Bonchev–Trinajstić information content (AvgIpc) is 2.35. The van der Waals surface area contributed by atoms with Gasteiger partial charge < -0.3 is 5.32 Å². The number of rotatable bonds is 2. The molecule has 0 aliphatic heterocycles. The van der Waals surface area contributed by atoms with Gasteiger partial charge in [-0.05, 0) is 52.9 Å². The zero-order valence-electron chi connectivity index (χ0n) is 10.4. The van der Waals surface area contributed by atoms with Crippen LogP contribution >= 0.6 is 27.5 Å². The fraction of sp³-hybridized carbons (Fsp3) is 0.500. The van der Waals surface area contributed by atoms with Gasteiger partial charge >= 0.3 is 0 Å². The van der Waals surface area contributed by atoms with Gasteiger partial charge in [0.1, 0.15) is 0 Å². The minimum Gasteiger partial charge on any atom is -0.349 e. The van der Waals surface area contributed by atoms with E-state index in [9.17, 15) is 4.79 Å². The van der Waals surface area contributed by atoms with E-state index in [1.807, 2.05) is 0 Å². The molecule has 1 aromatic carbocycles. The van der Waals surface area contributed by atoms with E-state index in [1.165, 1.54) is 19.3 Å². The monoisotopic (exact) mass is 329 g/mol. The second-order valence-electron chi connectivity index (χ2n) is 4.97. The molecular weight excluding hydrogens is 314 g/mol. The number of benzene rings is 1. The second kappa shape index (κ2) is 6.07. The van der Waals surface area contributed by atoms with Crippen molar-refractivity contribution in [1.29, 1.82) is 0 Å². The molecule has 1 amide bonds. The third kappa shape index (κ3) is 3.27. The van der Waals surface area contributed by atoms with E-state index in [4.69, 9.17) is 11.6 Å². The molecule has 2 rings (SSSR count). The topological polar surface area (TPSA) is 29.1 Å². The largest absolute Gasteiger partial charge is 0.349 e. The molecule has 2 nitrogen and oxygen atoms in total. The minimum absolute atomic E-state index is 0.00823. The van der Waals surface area contributed by atoms with Gasteiger partial charge in [0.05, 0.1) is 5.02 Å². The standard InChI is InChI=1S/C14H17BrClNO/c1-9-4-2-3-5-13(9)17-14(18)10-6-7-12(16)11(15)8-10/h6-9,13H,2-5H2,1H3,(H,17,18). The Hall–Kier alpha value is -0.540. The smallest absolute Gasteiger partial charge is 0.251 e. The highest BCUT2D eigenvalue weighted by Crippen LogP contribution is 2.25. The first-order valence-corrected chi connectivity index (χ1v) is 7.51. The summed E-state index contributed by atoms with van der Waals surface area (Å²) in [6.07, 6.45) is 4.77. The summed E-state index contributed by atoms with van der Waals surface area (Å²) in [4.78, 5) is 12.1. The van der Waals surface area contributed by atoms with Crippen LogP contribution in [-0.2, 0) is 0 Å². The molecule has 1 N–H and O–H groups in total. The van der Waals surface area contributed by atoms with Crippen molar-refractivity contribution >= 4 is 33.4 Å². The third-order valence-electron chi connectivity index (χ3n) is 3.61. The van der Waals surface area contributed by atoms with Crippen LogP contribution in [0.25, 0.3) is 0 Å². The molecule has 0 saturated heterocycles. The summed E-state index contributed by atoms with van der Waals surface area (Å²) < 4.78 is 0.758. The van der Waals surface area contributed by atoms with Gasteiger partial charge in [-0.25, -0.2) is 0 Å². The molecule has 4 heteroatoms. The Bertz CT molecular complexity index is 449. The summed E-state index contributed by atoms with van der Waals surface area (Å²) in [6.45, 7) is 2.21. The van der Waals surface area contributed by atoms with E-state index >= 15 is 0 Å². The van der Waals surface area contributed by atoms with Crippen LogP contribution in [0.4, 0.5) is 0 Å². The Labute approximate surface area is 121 Å². The van der Waals surface area contributed by atoms with Crippen LogP contribution in [0.1, 0.15) is 43.0 Å². The molecule has 1 saturated carbocycles. The highest BCUT2D eigenvalue weighted by molar-refractivity contribution is 9.10. The Balaban J connectivity index is 2.04. The number of halogens is 2. The molecule has 0 spiro atoms. The van der Waals surface area contributed by atoms with Crippen LogP contribution in [0, 0.1) is 5.92 Å². The normalized spacial score (nSPS) is 23.7. The highest BCUT2D eigenvalue weighted by Gasteiger charge is 2.23. The molecular formula is C14H17BrClNO. The van der Waals surface area contributed by atoms with E-state index in [2.05, 4.69) is 28.2 Å². The Morgan fingerprint density at radius 2 is 2.11 bits per heavy atom. The first-order chi connectivity index (χ1) is 8.58. The molecule has 1 aliphatic rings. The number of nitrogens with one attached hydrogen (secondary N) is 1. The van der Waals surface area contributed by atoms with Gasteiger partial charge in [-0.3, -0.25) is 4.79 Å². The summed E-state index contributed by atoms with van der Waals surface area (Å²) in [5, 5.41) is 3.75. The molecule has 2 atom stereocenters. The molecule has 1 fully saturated rings. The number of carbonyl (C=O) groups excluding carboxylic acids is 1. The number of carbonyl (C=O) groups is 1. The lowest BCUT2D eigenvalue weighted by Gasteiger charge is -2.29. The predicted octanol–water partition coefficient (Wildman–Crippen LogP) is 4.41. The summed E-state index contributed by atoms with van der Waals surface area (Å²) in [7, 11) is 0. The van der Waals surface area contributed by atoms with E-state index in [0.717, 1.165) is 10.9 Å². The van der Waals surface area contributed by atoms with Gasteiger partial charge in [0, 0.05) is 16.1 Å². The Morgan fingerprint density at radius 3 is 2.78 bits per heavy atom. The zero-order valence-corrected chi connectivity index (χ0v) is 12.7. The lowest BCUT2D eigenvalue weighted by atomic mass is 9.86. The maximum absolute atomic E-state index is 12.1. The first-order valence-electron chi connectivity index (χ1n) is 6.34. The van der Waals surface area contributed by atoms with Crippen molar-refractivity contribution in [2.75, 3.05) is 0 Å². The number of amides is 1. The number of hydrogen-bond donors (Lipinski definition) is 1. The molecule has 1 aromatic rings. The first kappa shape index (κ1) is 13.9. The van der Waals surface area contributed by atoms with E-state index < -0.39 is 0 Å². The Kier molecular flexibility index (Phi) is 4.68. The van der Waals surface area contributed by atoms with Crippen LogP contribution in [0.5, 0.6) is 0 Å². The summed E-state index contributed by atoms with van der Waals surface area (Å²) in [5.41, 5.74) is 0.657. The van der Waals surface area contributed by atoms with E-state index in [-0.39, 0.29) is 5.91 Å². The molecule has 1 aliphatic carbocycles. The molecule has 0 radical (unpaired) electrons. The maximum atomic E-state index is 12.1. The van der Waals surface area contributed by atoms with Gasteiger partial charge in [0.25, 0.3) is 5.91 Å². The summed E-state index contributed by atoms with van der Waals surface area (Å²) in [5.74, 6) is 0.560. The fourth-order valence-electron chi connectivity index (χ4n) is 2.42. The average molecular weight is 331 g/mol. The van der Waals surface area contributed by atoms with E-state index in [0.29, 0.717) is 22.5 Å². The SMILES string of the molecule is CC1CCCCC1NC(=O)c1ccc(Cl)c(Br)c1. The quantitative estimate of drug-likeness (QED) is 0.855. The van der Waals surface area contributed by atoms with Crippen LogP contribution in [0.15, 0.2) is 22.7 Å². The second-order valence-corrected chi connectivity index (χ2v) is 6.23. The van der Waals surface area contributed by atoms with Gasteiger partial charge in [-0.1, -0.05) is 31.4 Å². The van der Waals surface area contributed by atoms with Gasteiger partial charge in [-0.15, -0.1) is 0 Å². The van der Waals surface area contributed by atoms with Crippen molar-refractivity contribution in [1.82, 2.24) is 5.32 Å². The minimum atomic E-state index is -0.00823. The fourth-order valence-corrected chi connectivity index (χ4v) is 2.92. The molecule has 0 bridgehead atoms. The molecule has 0 heterocycles. The van der Waals surface area contributed by atoms with Crippen molar-refractivity contribution < 1.29 is 4.79 Å². The van der Waals surface area contributed by atoms with Crippen LogP contribution in [0.3, 0.4) is 0 Å². The van der Waals surface area contributed by atoms with Gasteiger partial charge in [-0.2, -0.15) is 0 Å². The highest BCUT2D eigenvalue weighted by atomic mass is 79.9. The van der Waals surface area contributed by atoms with Crippen molar-refractivity contribution in [3.05, 3.63) is 33.3 Å². The maximum Gasteiger partial charge on any atom is 0.251 e. The van der Waals surface area contributed by atoms with Gasteiger partial charge in [0.15, 0.2) is 0 Å². The summed E-state index contributed by atoms with van der Waals surface area (Å²) in [6, 6.07) is 5.58. The number of hydrogen-bond acceptors (Lipinski definition) is 1. The van der Waals surface area contributed by atoms with Crippen molar-refractivity contribution in [2.45, 2.75) is 38.6 Å².